The molecule has 5 saturated carbocycles. The first kappa shape index (κ1) is 28.6. The van der Waals surface area contributed by atoms with Crippen molar-refractivity contribution in [2.45, 2.75) is 103 Å². The highest BCUT2D eigenvalue weighted by atomic mass is 32.2. The molecule has 37 heavy (non-hydrogen) atoms. The topological polar surface area (TPSA) is 132 Å². The molecule has 0 spiro atoms. The molecule has 0 aromatic heterocycles. The van der Waals surface area contributed by atoms with Crippen molar-refractivity contribution in [1.29, 1.82) is 0 Å². The first-order chi connectivity index (χ1) is 17.2. The lowest BCUT2D eigenvalue weighted by molar-refractivity contribution is -0.138. The van der Waals surface area contributed by atoms with Gasteiger partial charge in [0.05, 0.1) is 11.5 Å². The monoisotopic (exact) mass is 538 g/mol. The Bertz CT molecular complexity index is 1050. The number of hydrogen-bond acceptors (Lipinski definition) is 7. The van der Waals surface area contributed by atoms with Gasteiger partial charge in [-0.3, -0.25) is 23.7 Å². The van der Waals surface area contributed by atoms with Crippen molar-refractivity contribution in [3.8, 4) is 0 Å². The summed E-state index contributed by atoms with van der Waals surface area (Å²) in [7, 11) is -4.80. The van der Waals surface area contributed by atoms with Crippen molar-refractivity contribution in [2.75, 3.05) is 6.61 Å². The molecule has 8 unspecified atom stereocenters. The molecule has 0 radical (unpaired) electrons. The molecule has 0 aromatic carbocycles. The van der Waals surface area contributed by atoms with Gasteiger partial charge in [-0.15, -0.1) is 0 Å². The zero-order valence-electron chi connectivity index (χ0n) is 22.5. The first-order valence-electron chi connectivity index (χ1n) is 13.8. The van der Waals surface area contributed by atoms with Crippen LogP contribution in [0.4, 0.5) is 0 Å². The second kappa shape index (κ2) is 10.3. The van der Waals surface area contributed by atoms with Crippen LogP contribution in [0.25, 0.3) is 0 Å². The van der Waals surface area contributed by atoms with Crippen molar-refractivity contribution < 1.29 is 36.9 Å². The van der Waals surface area contributed by atoms with Crippen LogP contribution in [-0.4, -0.2) is 54.1 Å². The molecule has 1 N–H and O–H groups in total. The van der Waals surface area contributed by atoms with Gasteiger partial charge in [-0.25, -0.2) is 0 Å². The van der Waals surface area contributed by atoms with Crippen LogP contribution < -0.4 is 0 Å². The maximum atomic E-state index is 12.3. The van der Waals surface area contributed by atoms with Gasteiger partial charge >= 0.3 is 0 Å². The fourth-order valence-corrected chi connectivity index (χ4v) is 9.54. The second-order valence-corrected chi connectivity index (χ2v) is 14.4. The van der Waals surface area contributed by atoms with Gasteiger partial charge in [0.15, 0.2) is 11.6 Å². The molecule has 208 valence electrons. The lowest BCUT2D eigenvalue weighted by Gasteiger charge is -2.46. The van der Waals surface area contributed by atoms with E-state index in [2.05, 4.69) is 0 Å². The minimum absolute atomic E-state index is 0.0391. The molecular formula is C28H42O8S. The third-order valence-corrected chi connectivity index (χ3v) is 11.8. The number of carbonyl (C=O) groups is 4. The van der Waals surface area contributed by atoms with E-state index in [1.807, 2.05) is 0 Å². The van der Waals surface area contributed by atoms with Gasteiger partial charge in [0.2, 0.25) is 5.25 Å². The Balaban J connectivity index is 1.35. The van der Waals surface area contributed by atoms with E-state index in [0.29, 0.717) is 36.0 Å². The predicted octanol–water partition coefficient (Wildman–Crippen LogP) is 3.99. The highest BCUT2D eigenvalue weighted by molar-refractivity contribution is 7.88. The summed E-state index contributed by atoms with van der Waals surface area (Å²) in [6, 6.07) is 0. The van der Waals surface area contributed by atoms with Crippen molar-refractivity contribution in [3.05, 3.63) is 0 Å². The van der Waals surface area contributed by atoms with E-state index < -0.39 is 39.0 Å². The lowest BCUT2D eigenvalue weighted by atomic mass is 9.59. The highest BCUT2D eigenvalue weighted by Crippen LogP contribution is 2.70. The summed E-state index contributed by atoms with van der Waals surface area (Å²) in [6.45, 7) is 5.35. The van der Waals surface area contributed by atoms with Crippen LogP contribution in [0.3, 0.4) is 0 Å². The number of Topliss-reactive ketones (excluding diaryl/α,β-unsaturated/α-hetero) is 4. The van der Waals surface area contributed by atoms with Crippen LogP contribution in [0.15, 0.2) is 0 Å². The van der Waals surface area contributed by atoms with Gasteiger partial charge in [-0.1, -0.05) is 6.42 Å². The molecule has 0 amide bonds. The predicted molar refractivity (Wildman–Crippen MR) is 136 cm³/mol. The maximum absolute atomic E-state index is 12.3. The number of hydrogen-bond donors (Lipinski definition) is 1. The third kappa shape index (κ3) is 5.50. The zero-order chi connectivity index (χ0) is 27.3. The lowest BCUT2D eigenvalue weighted by Crippen LogP contribution is -2.41. The molecular weight excluding hydrogens is 496 g/mol. The molecule has 5 aliphatic carbocycles. The quantitative estimate of drug-likeness (QED) is 0.291. The Hall–Kier alpha value is -1.45. The van der Waals surface area contributed by atoms with Crippen LogP contribution in [-0.2, 0) is 34.0 Å². The van der Waals surface area contributed by atoms with Crippen LogP contribution in [0.5, 0.6) is 0 Å². The van der Waals surface area contributed by atoms with E-state index in [-0.39, 0.29) is 23.1 Å². The summed E-state index contributed by atoms with van der Waals surface area (Å²) in [6.07, 6.45) is 9.91. The SMILES string of the molecule is CC(=O)C(C(=O)COC1CCCC(C2C3CC4CC(CCC(C)(C(C)=O)C(C)=O)(C3)CC42)C1)S(=O)(=O)O. The molecule has 5 aliphatic rings. The van der Waals surface area contributed by atoms with Gasteiger partial charge in [0.25, 0.3) is 10.1 Å². The summed E-state index contributed by atoms with van der Waals surface area (Å²) < 4.78 is 38.0. The van der Waals surface area contributed by atoms with Gasteiger partial charge in [-0.05, 0) is 120 Å². The van der Waals surface area contributed by atoms with Crippen molar-refractivity contribution in [1.82, 2.24) is 0 Å². The fraction of sp³-hybridized carbons (Fsp3) is 0.857. The Morgan fingerprint density at radius 3 is 2.19 bits per heavy atom. The van der Waals surface area contributed by atoms with Gasteiger partial charge < -0.3 is 4.74 Å². The van der Waals surface area contributed by atoms with Crippen LogP contribution >= 0.6 is 0 Å². The fourth-order valence-electron chi connectivity index (χ4n) is 8.72. The van der Waals surface area contributed by atoms with E-state index in [9.17, 15) is 32.1 Å². The van der Waals surface area contributed by atoms with Crippen molar-refractivity contribution >= 4 is 33.3 Å². The first-order valence-corrected chi connectivity index (χ1v) is 15.3. The van der Waals surface area contributed by atoms with E-state index in [0.717, 1.165) is 45.4 Å². The molecule has 5 rings (SSSR count). The molecule has 0 aromatic rings. The molecule has 5 fully saturated rings. The normalized spacial score (nSPS) is 35.9. The Labute approximate surface area is 220 Å². The summed E-state index contributed by atoms with van der Waals surface area (Å²) in [5.74, 6) is 1.23. The third-order valence-electron chi connectivity index (χ3n) is 10.7. The zero-order valence-corrected chi connectivity index (χ0v) is 23.3. The van der Waals surface area contributed by atoms with Gasteiger partial charge in [-0.2, -0.15) is 8.42 Å². The average Bonchev–Trinajstić information content (AvgIpc) is 3.19. The molecule has 0 aliphatic heterocycles. The number of ketones is 4. The Morgan fingerprint density at radius 2 is 1.62 bits per heavy atom. The standard InChI is InChI=1S/C28H42O8S/c1-16(29)26(37(33,34)35)24(32)15-36-22-7-5-6-19(11-22)25-21-10-20-12-28(13-21,14-23(20)25)9-8-27(4,17(2)30)18(3)31/h19-23,25-26H,5-15H2,1-4H3,(H,33,34,35). The largest absolute Gasteiger partial charge is 0.370 e. The van der Waals surface area contributed by atoms with Crippen LogP contribution in [0.2, 0.25) is 0 Å². The minimum atomic E-state index is -4.80. The molecule has 0 saturated heterocycles. The van der Waals surface area contributed by atoms with Gasteiger partial charge in [0, 0.05) is 0 Å². The number of rotatable bonds is 12. The van der Waals surface area contributed by atoms with Gasteiger partial charge in [0.1, 0.15) is 18.2 Å². The smallest absolute Gasteiger partial charge is 0.282 e. The van der Waals surface area contributed by atoms with E-state index in [1.54, 1.807) is 6.92 Å². The van der Waals surface area contributed by atoms with Crippen LogP contribution in [0.1, 0.15) is 91.9 Å². The molecule has 4 bridgehead atoms. The maximum Gasteiger partial charge on any atom is 0.282 e. The summed E-state index contributed by atoms with van der Waals surface area (Å²) in [4.78, 5) is 48.4. The summed E-state index contributed by atoms with van der Waals surface area (Å²) in [5.41, 5.74) is -0.634. The molecule has 8 atom stereocenters. The Kier molecular flexibility index (Phi) is 7.92. The summed E-state index contributed by atoms with van der Waals surface area (Å²) in [5, 5.41) is -2.07. The van der Waals surface area contributed by atoms with E-state index >= 15 is 0 Å². The molecule has 8 nitrogen and oxygen atoms in total. The summed E-state index contributed by atoms with van der Waals surface area (Å²) >= 11 is 0. The van der Waals surface area contributed by atoms with Crippen molar-refractivity contribution in [2.24, 2.45) is 40.4 Å². The Morgan fingerprint density at radius 1 is 0.973 bits per heavy atom. The number of carbonyl (C=O) groups excluding carboxylic acids is 4. The van der Waals surface area contributed by atoms with Crippen molar-refractivity contribution in [3.63, 3.8) is 0 Å². The highest BCUT2D eigenvalue weighted by Gasteiger charge is 2.61. The van der Waals surface area contributed by atoms with E-state index in [1.165, 1.54) is 33.1 Å². The second-order valence-electron chi connectivity index (χ2n) is 12.9. The number of ether oxygens (including phenoxy) is 1. The van der Waals surface area contributed by atoms with Crippen LogP contribution in [0, 0.1) is 40.4 Å². The van der Waals surface area contributed by atoms with E-state index in [4.69, 9.17) is 4.74 Å². The average molecular weight is 539 g/mol. The minimum Gasteiger partial charge on any atom is -0.370 e. The molecule has 0 heterocycles. The molecule has 9 heteroatoms.